The van der Waals surface area contributed by atoms with Gasteiger partial charge < -0.3 is 14.9 Å². The van der Waals surface area contributed by atoms with Gasteiger partial charge in [-0.25, -0.2) is 0 Å². The first-order chi connectivity index (χ1) is 7.09. The molecule has 0 aliphatic rings. The van der Waals surface area contributed by atoms with Crippen LogP contribution < -0.4 is 5.32 Å². The van der Waals surface area contributed by atoms with Crippen LogP contribution in [0, 0.1) is 0 Å². The minimum absolute atomic E-state index is 0.0256. The molecule has 1 aromatic heterocycles. The van der Waals surface area contributed by atoms with Gasteiger partial charge in [0.15, 0.2) is 0 Å². The topological polar surface area (TPSA) is 92.4 Å². The van der Waals surface area contributed by atoms with Crippen molar-refractivity contribution >= 4 is 11.9 Å². The molecule has 82 valence electrons. The average Bonchev–Trinajstić information content (AvgIpc) is 2.67. The molecule has 1 amide bonds. The number of nitrogens with one attached hydrogen (secondary N) is 1. The Balaban J connectivity index is 2.35. The lowest BCUT2D eigenvalue weighted by molar-refractivity contribution is -0.137. The van der Waals surface area contributed by atoms with Crippen LogP contribution in [-0.4, -0.2) is 28.2 Å². The van der Waals surface area contributed by atoms with E-state index in [1.54, 1.807) is 6.92 Å². The predicted molar refractivity (Wildman–Crippen MR) is 50.3 cm³/mol. The van der Waals surface area contributed by atoms with Crippen molar-refractivity contribution < 1.29 is 19.2 Å². The quantitative estimate of drug-likeness (QED) is 0.747. The van der Waals surface area contributed by atoms with E-state index in [0.29, 0.717) is 6.42 Å². The van der Waals surface area contributed by atoms with Gasteiger partial charge >= 0.3 is 5.97 Å². The summed E-state index contributed by atoms with van der Waals surface area (Å²) in [5, 5.41) is 14.4. The zero-order valence-corrected chi connectivity index (χ0v) is 8.27. The molecule has 1 heterocycles. The molecule has 1 aromatic rings. The van der Waals surface area contributed by atoms with E-state index in [4.69, 9.17) is 5.11 Å². The minimum Gasteiger partial charge on any atom is -0.481 e. The number of aromatic nitrogens is 1. The zero-order chi connectivity index (χ0) is 11.3. The van der Waals surface area contributed by atoms with Gasteiger partial charge in [0.25, 0.3) is 5.91 Å². The van der Waals surface area contributed by atoms with E-state index in [1.165, 1.54) is 12.3 Å². The van der Waals surface area contributed by atoms with Gasteiger partial charge in [0.1, 0.15) is 0 Å². The fraction of sp³-hybridized carbons (Fsp3) is 0.444. The summed E-state index contributed by atoms with van der Waals surface area (Å²) in [6, 6.07) is 1.23. The Labute approximate surface area is 86.3 Å². The molecular weight excluding hydrogens is 200 g/mol. The largest absolute Gasteiger partial charge is 0.481 e. The number of carbonyl (C=O) groups is 2. The normalized spacial score (nSPS) is 12.1. The summed E-state index contributed by atoms with van der Waals surface area (Å²) >= 11 is 0. The lowest BCUT2D eigenvalue weighted by Gasteiger charge is -2.10. The third kappa shape index (κ3) is 3.80. The van der Waals surface area contributed by atoms with Crippen molar-refractivity contribution in [2.45, 2.75) is 25.8 Å². The number of nitrogens with zero attached hydrogens (tertiary/aromatic N) is 1. The molecule has 0 fully saturated rings. The summed E-state index contributed by atoms with van der Waals surface area (Å²) in [7, 11) is 0. The Hall–Kier alpha value is -1.85. The lowest BCUT2D eigenvalue weighted by Crippen LogP contribution is -2.32. The van der Waals surface area contributed by atoms with E-state index in [2.05, 4.69) is 15.0 Å². The van der Waals surface area contributed by atoms with Crippen LogP contribution >= 0.6 is 0 Å². The molecule has 6 heteroatoms. The van der Waals surface area contributed by atoms with Gasteiger partial charge in [-0.3, -0.25) is 9.59 Å². The summed E-state index contributed by atoms with van der Waals surface area (Å²) in [4.78, 5) is 21.6. The molecule has 0 saturated carbocycles. The van der Waals surface area contributed by atoms with Crippen molar-refractivity contribution in [1.82, 2.24) is 10.5 Å². The van der Waals surface area contributed by atoms with Gasteiger partial charge in [0.2, 0.25) is 5.76 Å². The fourth-order valence-electron chi connectivity index (χ4n) is 1.04. The van der Waals surface area contributed by atoms with E-state index in [9.17, 15) is 9.59 Å². The molecule has 2 N–H and O–H groups in total. The summed E-state index contributed by atoms with van der Waals surface area (Å²) < 4.78 is 4.64. The maximum Gasteiger partial charge on any atom is 0.303 e. The summed E-state index contributed by atoms with van der Waals surface area (Å²) in [6.07, 6.45) is 1.78. The van der Waals surface area contributed by atoms with Crippen LogP contribution in [0.3, 0.4) is 0 Å². The highest BCUT2D eigenvalue weighted by atomic mass is 16.5. The fourth-order valence-corrected chi connectivity index (χ4v) is 1.04. The maximum atomic E-state index is 11.4. The SMILES string of the molecule is CC(CCC(=O)O)NC(=O)c1ccno1. The molecule has 0 aliphatic heterocycles. The molecule has 0 bridgehead atoms. The minimum atomic E-state index is -0.879. The van der Waals surface area contributed by atoms with Crippen LogP contribution in [0.25, 0.3) is 0 Å². The van der Waals surface area contributed by atoms with E-state index in [0.717, 1.165) is 0 Å². The van der Waals surface area contributed by atoms with Gasteiger partial charge in [-0.2, -0.15) is 0 Å². The Morgan fingerprint density at radius 3 is 2.93 bits per heavy atom. The van der Waals surface area contributed by atoms with Crippen LogP contribution in [-0.2, 0) is 4.79 Å². The zero-order valence-electron chi connectivity index (χ0n) is 8.27. The van der Waals surface area contributed by atoms with Crippen LogP contribution in [0.5, 0.6) is 0 Å². The summed E-state index contributed by atoms with van der Waals surface area (Å²) in [5.41, 5.74) is 0. The second-order valence-electron chi connectivity index (χ2n) is 3.18. The second-order valence-corrected chi connectivity index (χ2v) is 3.18. The van der Waals surface area contributed by atoms with E-state index in [1.807, 2.05) is 0 Å². The number of carbonyl (C=O) groups excluding carboxylic acids is 1. The molecule has 1 unspecified atom stereocenters. The van der Waals surface area contributed by atoms with Crippen molar-refractivity contribution in [2.75, 3.05) is 0 Å². The number of rotatable bonds is 5. The molecule has 0 aliphatic carbocycles. The molecular formula is C9H12N2O4. The number of carboxylic acid groups (broad SMARTS) is 1. The number of hydrogen-bond donors (Lipinski definition) is 2. The van der Waals surface area contributed by atoms with Gasteiger partial charge in [0, 0.05) is 18.5 Å². The Morgan fingerprint density at radius 2 is 2.40 bits per heavy atom. The third-order valence-corrected chi connectivity index (χ3v) is 1.83. The molecule has 0 saturated heterocycles. The first kappa shape index (κ1) is 11.2. The molecule has 1 atom stereocenters. The first-order valence-corrected chi connectivity index (χ1v) is 4.53. The Bertz CT molecular complexity index is 334. The Kier molecular flexibility index (Phi) is 3.84. The average molecular weight is 212 g/mol. The number of hydrogen-bond acceptors (Lipinski definition) is 4. The number of aliphatic carboxylic acids is 1. The van der Waals surface area contributed by atoms with Crippen molar-refractivity contribution in [2.24, 2.45) is 0 Å². The highest BCUT2D eigenvalue weighted by Gasteiger charge is 2.13. The van der Waals surface area contributed by atoms with Gasteiger partial charge in [-0.1, -0.05) is 5.16 Å². The van der Waals surface area contributed by atoms with Crippen molar-refractivity contribution in [3.63, 3.8) is 0 Å². The molecule has 0 radical (unpaired) electrons. The van der Waals surface area contributed by atoms with E-state index in [-0.39, 0.29) is 24.1 Å². The van der Waals surface area contributed by atoms with Crippen LogP contribution in [0.4, 0.5) is 0 Å². The van der Waals surface area contributed by atoms with Gasteiger partial charge in [-0.05, 0) is 13.3 Å². The van der Waals surface area contributed by atoms with Gasteiger partial charge in [0.05, 0.1) is 6.20 Å². The van der Waals surface area contributed by atoms with Crippen molar-refractivity contribution in [3.05, 3.63) is 18.0 Å². The molecule has 1 rings (SSSR count). The molecule has 0 spiro atoms. The number of carboxylic acids is 1. The van der Waals surface area contributed by atoms with Crippen LogP contribution in [0.2, 0.25) is 0 Å². The second kappa shape index (κ2) is 5.14. The van der Waals surface area contributed by atoms with E-state index >= 15 is 0 Å². The van der Waals surface area contributed by atoms with Crippen LogP contribution in [0.1, 0.15) is 30.3 Å². The summed E-state index contributed by atoms with van der Waals surface area (Å²) in [5.74, 6) is -1.14. The van der Waals surface area contributed by atoms with E-state index < -0.39 is 5.97 Å². The molecule has 15 heavy (non-hydrogen) atoms. The maximum absolute atomic E-state index is 11.4. The van der Waals surface area contributed by atoms with Crippen molar-refractivity contribution in [1.29, 1.82) is 0 Å². The monoisotopic (exact) mass is 212 g/mol. The first-order valence-electron chi connectivity index (χ1n) is 4.53. The highest BCUT2D eigenvalue weighted by molar-refractivity contribution is 5.91. The summed E-state index contributed by atoms with van der Waals surface area (Å²) in [6.45, 7) is 1.73. The Morgan fingerprint density at radius 1 is 1.67 bits per heavy atom. The third-order valence-electron chi connectivity index (χ3n) is 1.83. The van der Waals surface area contributed by atoms with Gasteiger partial charge in [-0.15, -0.1) is 0 Å². The number of amides is 1. The molecule has 0 aromatic carbocycles. The lowest BCUT2D eigenvalue weighted by atomic mass is 10.2. The van der Waals surface area contributed by atoms with Crippen molar-refractivity contribution in [3.8, 4) is 0 Å². The smallest absolute Gasteiger partial charge is 0.303 e. The van der Waals surface area contributed by atoms with Crippen LogP contribution in [0.15, 0.2) is 16.8 Å². The molecule has 6 nitrogen and oxygen atoms in total. The standard InChI is InChI=1S/C9H12N2O4/c1-6(2-3-8(12)13)11-9(14)7-4-5-10-15-7/h4-6H,2-3H2,1H3,(H,11,14)(H,12,13). The highest BCUT2D eigenvalue weighted by Crippen LogP contribution is 2.00. The predicted octanol–water partition coefficient (Wildman–Crippen LogP) is 0.658.